The summed E-state index contributed by atoms with van der Waals surface area (Å²) < 4.78 is 12.9. The quantitative estimate of drug-likeness (QED) is 0.812. The Labute approximate surface area is 98.8 Å². The number of anilines is 1. The number of piperidine rings is 1. The van der Waals surface area contributed by atoms with Crippen LogP contribution in [0.3, 0.4) is 0 Å². The highest BCUT2D eigenvalue weighted by Crippen LogP contribution is 2.16. The van der Waals surface area contributed by atoms with Gasteiger partial charge >= 0.3 is 6.03 Å². The average molecular weight is 238 g/mol. The van der Waals surface area contributed by atoms with E-state index in [1.807, 2.05) is 0 Å². The summed E-state index contributed by atoms with van der Waals surface area (Å²) in [6, 6.07) is 1.26. The Balaban J connectivity index is 1.88. The number of nitrogens with zero attached hydrogens (tertiary/aromatic N) is 2. The van der Waals surface area contributed by atoms with E-state index in [1.54, 1.807) is 11.1 Å². The molecule has 0 atom stereocenters. The number of likely N-dealkylation sites (tertiary alicyclic amines) is 1. The molecule has 0 spiro atoms. The van der Waals surface area contributed by atoms with Crippen molar-refractivity contribution in [1.29, 1.82) is 0 Å². The Bertz CT molecular complexity index is 404. The second kappa shape index (κ2) is 4.99. The zero-order valence-electron chi connectivity index (χ0n) is 9.40. The summed E-state index contributed by atoms with van der Waals surface area (Å²) in [7, 11) is 0. The number of nitrogens with one attached hydrogen (secondary N) is 1. The zero-order chi connectivity index (χ0) is 12.3. The van der Waals surface area contributed by atoms with Crippen LogP contribution in [0.1, 0.15) is 12.8 Å². The zero-order valence-corrected chi connectivity index (χ0v) is 9.40. The lowest BCUT2D eigenvalue weighted by Crippen LogP contribution is -2.44. The molecule has 2 rings (SSSR count). The third kappa shape index (κ3) is 3.05. The number of aromatic nitrogens is 1. The molecule has 92 valence electrons. The van der Waals surface area contributed by atoms with Gasteiger partial charge in [-0.3, -0.25) is 4.98 Å². The Morgan fingerprint density at radius 2 is 2.18 bits per heavy atom. The van der Waals surface area contributed by atoms with Crippen LogP contribution in [0.4, 0.5) is 14.9 Å². The van der Waals surface area contributed by atoms with Crippen LogP contribution in [0.15, 0.2) is 18.5 Å². The number of carbonyl (C=O) groups is 1. The van der Waals surface area contributed by atoms with Crippen LogP contribution in [-0.4, -0.2) is 35.0 Å². The maximum Gasteiger partial charge on any atom is 0.314 e. The maximum atomic E-state index is 12.9. The predicted molar refractivity (Wildman–Crippen MR) is 62.0 cm³/mol. The van der Waals surface area contributed by atoms with E-state index in [0.717, 1.165) is 12.8 Å². The van der Waals surface area contributed by atoms with Gasteiger partial charge in [-0.2, -0.15) is 0 Å². The van der Waals surface area contributed by atoms with Gasteiger partial charge in [0.15, 0.2) is 0 Å². The highest BCUT2D eigenvalue weighted by molar-refractivity contribution is 5.72. The number of hydrogen-bond donors (Lipinski definition) is 2. The third-order valence-electron chi connectivity index (χ3n) is 2.88. The molecule has 0 aromatic carbocycles. The van der Waals surface area contributed by atoms with Crippen LogP contribution in [0.25, 0.3) is 0 Å². The van der Waals surface area contributed by atoms with Gasteiger partial charge in [0.1, 0.15) is 5.82 Å². The topological polar surface area (TPSA) is 71.2 Å². The Morgan fingerprint density at radius 1 is 1.47 bits per heavy atom. The van der Waals surface area contributed by atoms with Gasteiger partial charge in [-0.15, -0.1) is 0 Å². The summed E-state index contributed by atoms with van der Waals surface area (Å²) in [5, 5.41) is 3.20. The van der Waals surface area contributed by atoms with Crippen molar-refractivity contribution in [2.75, 3.05) is 18.4 Å². The fraction of sp³-hybridized carbons (Fsp3) is 0.455. The molecular weight excluding hydrogens is 223 g/mol. The lowest BCUT2D eigenvalue weighted by Gasteiger charge is -2.31. The number of carbonyl (C=O) groups excluding carboxylic acids is 1. The molecule has 1 aromatic rings. The monoisotopic (exact) mass is 238 g/mol. The highest BCUT2D eigenvalue weighted by atomic mass is 19.1. The summed E-state index contributed by atoms with van der Waals surface area (Å²) in [6.07, 6.45) is 4.36. The van der Waals surface area contributed by atoms with Crippen molar-refractivity contribution < 1.29 is 9.18 Å². The SMILES string of the molecule is NC(=O)N1CCC(Nc2cncc(F)c2)CC1. The first-order valence-electron chi connectivity index (χ1n) is 5.56. The standard InChI is InChI=1S/C11H15FN4O/c12-8-5-10(7-14-6-8)15-9-1-3-16(4-2-9)11(13)17/h5-7,9,15H,1-4H2,(H2,13,17). The van der Waals surface area contributed by atoms with Crippen LogP contribution >= 0.6 is 0 Å². The summed E-state index contributed by atoms with van der Waals surface area (Å²) in [5.41, 5.74) is 5.86. The molecule has 0 radical (unpaired) electrons. The van der Waals surface area contributed by atoms with Crippen molar-refractivity contribution in [2.45, 2.75) is 18.9 Å². The van der Waals surface area contributed by atoms with Gasteiger partial charge in [-0.1, -0.05) is 0 Å². The first-order chi connectivity index (χ1) is 8.15. The molecule has 1 fully saturated rings. The van der Waals surface area contributed by atoms with Crippen molar-refractivity contribution in [1.82, 2.24) is 9.88 Å². The second-order valence-electron chi connectivity index (χ2n) is 4.14. The van der Waals surface area contributed by atoms with E-state index in [9.17, 15) is 9.18 Å². The van der Waals surface area contributed by atoms with Crippen LogP contribution < -0.4 is 11.1 Å². The van der Waals surface area contributed by atoms with E-state index in [2.05, 4.69) is 10.3 Å². The molecule has 2 amide bonds. The van der Waals surface area contributed by atoms with E-state index in [1.165, 1.54) is 12.3 Å². The summed E-state index contributed by atoms with van der Waals surface area (Å²) in [6.45, 7) is 1.27. The fourth-order valence-corrected chi connectivity index (χ4v) is 1.97. The van der Waals surface area contributed by atoms with Crippen molar-refractivity contribution in [2.24, 2.45) is 5.73 Å². The maximum absolute atomic E-state index is 12.9. The minimum atomic E-state index is -0.379. The van der Waals surface area contributed by atoms with E-state index in [-0.39, 0.29) is 17.9 Å². The Kier molecular flexibility index (Phi) is 3.41. The van der Waals surface area contributed by atoms with Gasteiger partial charge < -0.3 is 16.0 Å². The molecule has 2 heterocycles. The molecule has 1 saturated heterocycles. The minimum Gasteiger partial charge on any atom is -0.381 e. The summed E-state index contributed by atoms with van der Waals surface area (Å²) in [5.74, 6) is -0.357. The van der Waals surface area contributed by atoms with Gasteiger partial charge in [0.05, 0.1) is 18.1 Å². The predicted octanol–water partition coefficient (Wildman–Crippen LogP) is 1.18. The first kappa shape index (κ1) is 11.6. The summed E-state index contributed by atoms with van der Waals surface area (Å²) >= 11 is 0. The van der Waals surface area contributed by atoms with E-state index >= 15 is 0 Å². The van der Waals surface area contributed by atoms with Gasteiger partial charge in [0.25, 0.3) is 0 Å². The van der Waals surface area contributed by atoms with Crippen molar-refractivity contribution in [3.63, 3.8) is 0 Å². The Morgan fingerprint density at radius 3 is 2.76 bits per heavy atom. The van der Waals surface area contributed by atoms with Crippen molar-refractivity contribution >= 4 is 11.7 Å². The van der Waals surface area contributed by atoms with Gasteiger partial charge in [0, 0.05) is 25.2 Å². The minimum absolute atomic E-state index is 0.231. The Hall–Kier alpha value is -1.85. The van der Waals surface area contributed by atoms with Crippen molar-refractivity contribution in [3.05, 3.63) is 24.3 Å². The van der Waals surface area contributed by atoms with E-state index < -0.39 is 0 Å². The molecule has 0 saturated carbocycles. The number of rotatable bonds is 2. The fourth-order valence-electron chi connectivity index (χ4n) is 1.97. The average Bonchev–Trinajstić information content (AvgIpc) is 2.29. The van der Waals surface area contributed by atoms with Crippen LogP contribution in [0.5, 0.6) is 0 Å². The number of nitrogens with two attached hydrogens (primary N) is 1. The lowest BCUT2D eigenvalue weighted by molar-refractivity contribution is 0.193. The first-order valence-corrected chi connectivity index (χ1v) is 5.56. The largest absolute Gasteiger partial charge is 0.381 e. The number of urea groups is 1. The van der Waals surface area contributed by atoms with Crippen LogP contribution in [-0.2, 0) is 0 Å². The molecule has 0 unspecified atom stereocenters. The molecule has 0 aliphatic carbocycles. The molecule has 5 nitrogen and oxygen atoms in total. The lowest BCUT2D eigenvalue weighted by atomic mass is 10.1. The molecular formula is C11H15FN4O. The number of amides is 2. The third-order valence-corrected chi connectivity index (χ3v) is 2.88. The summed E-state index contributed by atoms with van der Waals surface area (Å²) in [4.78, 5) is 16.3. The van der Waals surface area contributed by atoms with Crippen LogP contribution in [0.2, 0.25) is 0 Å². The molecule has 1 aliphatic heterocycles. The number of hydrogen-bond acceptors (Lipinski definition) is 3. The van der Waals surface area contributed by atoms with E-state index in [0.29, 0.717) is 18.8 Å². The van der Waals surface area contributed by atoms with Crippen molar-refractivity contribution in [3.8, 4) is 0 Å². The molecule has 3 N–H and O–H groups in total. The molecule has 1 aliphatic rings. The van der Waals surface area contributed by atoms with Gasteiger partial charge in [0.2, 0.25) is 0 Å². The molecule has 17 heavy (non-hydrogen) atoms. The van der Waals surface area contributed by atoms with Gasteiger partial charge in [-0.25, -0.2) is 9.18 Å². The smallest absolute Gasteiger partial charge is 0.314 e. The normalized spacial score (nSPS) is 16.9. The highest BCUT2D eigenvalue weighted by Gasteiger charge is 2.20. The number of primary amides is 1. The number of pyridine rings is 1. The van der Waals surface area contributed by atoms with Crippen LogP contribution in [0, 0.1) is 5.82 Å². The molecule has 1 aromatic heterocycles. The second-order valence-corrected chi connectivity index (χ2v) is 4.14. The number of halogens is 1. The molecule has 0 bridgehead atoms. The molecule has 6 heteroatoms. The van der Waals surface area contributed by atoms with E-state index in [4.69, 9.17) is 5.73 Å². The van der Waals surface area contributed by atoms with Gasteiger partial charge in [-0.05, 0) is 12.8 Å².